The zero-order chi connectivity index (χ0) is 15.6. The lowest BCUT2D eigenvalue weighted by molar-refractivity contribution is -0.124. The van der Waals surface area contributed by atoms with E-state index in [4.69, 9.17) is 4.74 Å². The lowest BCUT2D eigenvalue weighted by Gasteiger charge is -2.38. The molecule has 2 fully saturated rings. The van der Waals surface area contributed by atoms with Gasteiger partial charge in [-0.1, -0.05) is 13.0 Å². The van der Waals surface area contributed by atoms with E-state index in [1.54, 1.807) is 7.11 Å². The van der Waals surface area contributed by atoms with Gasteiger partial charge >= 0.3 is 0 Å². The van der Waals surface area contributed by atoms with E-state index >= 15 is 0 Å². The van der Waals surface area contributed by atoms with Crippen molar-refractivity contribution in [2.75, 3.05) is 7.11 Å². The van der Waals surface area contributed by atoms with E-state index in [0.717, 1.165) is 29.9 Å². The number of carbonyl (C=O) groups excluding carboxylic acids is 2. The van der Waals surface area contributed by atoms with Crippen LogP contribution in [0.5, 0.6) is 5.75 Å². The molecule has 2 saturated carbocycles. The van der Waals surface area contributed by atoms with E-state index < -0.39 is 5.41 Å². The zero-order valence-corrected chi connectivity index (χ0v) is 13.4. The van der Waals surface area contributed by atoms with Crippen molar-refractivity contribution in [3.63, 3.8) is 0 Å². The second-order valence-electron chi connectivity index (χ2n) is 7.52. The SMILES string of the molecule is COc1cc(C)cc2c1C(=O)C(=O)[C@]1(C)CC[C@H](C3CC3)[C@H]21. The van der Waals surface area contributed by atoms with E-state index in [9.17, 15) is 9.59 Å². The molecule has 3 atom stereocenters. The zero-order valence-electron chi connectivity index (χ0n) is 13.4. The Bertz CT molecular complexity index is 686. The smallest absolute Gasteiger partial charge is 0.233 e. The number of rotatable bonds is 2. The Morgan fingerprint density at radius 3 is 2.55 bits per heavy atom. The van der Waals surface area contributed by atoms with Crippen molar-refractivity contribution < 1.29 is 14.3 Å². The van der Waals surface area contributed by atoms with Crippen LogP contribution >= 0.6 is 0 Å². The molecule has 0 saturated heterocycles. The molecule has 0 heterocycles. The van der Waals surface area contributed by atoms with Crippen LogP contribution in [-0.2, 0) is 4.79 Å². The van der Waals surface area contributed by atoms with Gasteiger partial charge in [-0.3, -0.25) is 9.59 Å². The molecule has 116 valence electrons. The van der Waals surface area contributed by atoms with Gasteiger partial charge in [0.25, 0.3) is 0 Å². The predicted octanol–water partition coefficient (Wildman–Crippen LogP) is 3.68. The highest BCUT2D eigenvalue weighted by molar-refractivity contribution is 6.47. The molecule has 3 nitrogen and oxygen atoms in total. The van der Waals surface area contributed by atoms with Gasteiger partial charge in [-0.25, -0.2) is 0 Å². The lowest BCUT2D eigenvalue weighted by Crippen LogP contribution is -2.43. The van der Waals surface area contributed by atoms with Gasteiger partial charge in [0.05, 0.1) is 12.7 Å². The second kappa shape index (κ2) is 4.43. The molecule has 0 aliphatic heterocycles. The Morgan fingerprint density at radius 2 is 1.91 bits per heavy atom. The van der Waals surface area contributed by atoms with Gasteiger partial charge in [-0.2, -0.15) is 0 Å². The van der Waals surface area contributed by atoms with Gasteiger partial charge in [0.15, 0.2) is 0 Å². The Balaban J connectivity index is 1.97. The summed E-state index contributed by atoms with van der Waals surface area (Å²) < 4.78 is 5.43. The van der Waals surface area contributed by atoms with Crippen LogP contribution in [0.1, 0.15) is 60.0 Å². The monoisotopic (exact) mass is 298 g/mol. The number of carbonyl (C=O) groups is 2. The number of ether oxygens (including phenoxy) is 1. The Labute approximate surface area is 131 Å². The topological polar surface area (TPSA) is 43.4 Å². The first-order valence-corrected chi connectivity index (χ1v) is 8.25. The van der Waals surface area contributed by atoms with Crippen LogP contribution in [0, 0.1) is 24.2 Å². The van der Waals surface area contributed by atoms with Gasteiger partial charge < -0.3 is 4.74 Å². The quantitative estimate of drug-likeness (QED) is 0.782. The van der Waals surface area contributed by atoms with E-state index in [2.05, 4.69) is 6.07 Å². The second-order valence-corrected chi connectivity index (χ2v) is 7.52. The minimum Gasteiger partial charge on any atom is -0.496 e. The fraction of sp³-hybridized carbons (Fsp3) is 0.579. The van der Waals surface area contributed by atoms with E-state index in [-0.39, 0.29) is 17.5 Å². The highest BCUT2D eigenvalue weighted by Gasteiger charge is 2.59. The fourth-order valence-electron chi connectivity index (χ4n) is 4.92. The van der Waals surface area contributed by atoms with Crippen LogP contribution in [0.2, 0.25) is 0 Å². The van der Waals surface area contributed by atoms with Crippen LogP contribution in [0.3, 0.4) is 0 Å². The summed E-state index contributed by atoms with van der Waals surface area (Å²) in [6.07, 6.45) is 4.47. The number of hydrogen-bond donors (Lipinski definition) is 0. The van der Waals surface area contributed by atoms with Crippen LogP contribution in [-0.4, -0.2) is 18.7 Å². The molecule has 0 spiro atoms. The minimum absolute atomic E-state index is 0.189. The first kappa shape index (κ1) is 14.0. The standard InChI is InChI=1S/C19H22O3/c1-10-8-13-15(14(9-10)22-3)17(20)18(21)19(2)7-6-12(16(13)19)11-4-5-11/h8-9,11-12,16H,4-7H2,1-3H3/t12-,16-,19-/m1/s1. The molecule has 1 aromatic carbocycles. The van der Waals surface area contributed by atoms with Crippen LogP contribution in [0.25, 0.3) is 0 Å². The molecule has 4 rings (SSSR count). The maximum absolute atomic E-state index is 12.8. The molecule has 0 N–H and O–H groups in total. The minimum atomic E-state index is -0.504. The van der Waals surface area contributed by atoms with Gasteiger partial charge in [0, 0.05) is 11.3 Å². The average Bonchev–Trinajstić information content (AvgIpc) is 3.27. The van der Waals surface area contributed by atoms with Crippen molar-refractivity contribution >= 4 is 11.6 Å². The number of Topliss-reactive ketones (excluding diaryl/α,β-unsaturated/α-hetero) is 2. The fourth-order valence-corrected chi connectivity index (χ4v) is 4.92. The Kier molecular flexibility index (Phi) is 2.82. The maximum Gasteiger partial charge on any atom is 0.233 e. The number of hydrogen-bond acceptors (Lipinski definition) is 3. The van der Waals surface area contributed by atoms with E-state index in [1.165, 1.54) is 12.8 Å². The van der Waals surface area contributed by atoms with Crippen LogP contribution in [0.15, 0.2) is 12.1 Å². The summed E-state index contributed by atoms with van der Waals surface area (Å²) in [5.41, 5.74) is 2.20. The summed E-state index contributed by atoms with van der Waals surface area (Å²) in [6.45, 7) is 4.04. The third-order valence-electron chi connectivity index (χ3n) is 6.12. The first-order chi connectivity index (χ1) is 10.5. The highest BCUT2D eigenvalue weighted by atomic mass is 16.5. The molecule has 1 aromatic rings. The average molecular weight is 298 g/mol. The van der Waals surface area contributed by atoms with Crippen molar-refractivity contribution in [1.82, 2.24) is 0 Å². The maximum atomic E-state index is 12.8. The van der Waals surface area contributed by atoms with E-state index in [0.29, 0.717) is 17.2 Å². The van der Waals surface area contributed by atoms with E-state index in [1.807, 2.05) is 19.9 Å². The summed E-state index contributed by atoms with van der Waals surface area (Å²) >= 11 is 0. The summed E-state index contributed by atoms with van der Waals surface area (Å²) in [6, 6.07) is 3.99. The number of ketones is 2. The molecular weight excluding hydrogens is 276 g/mol. The molecule has 3 heteroatoms. The number of benzene rings is 1. The molecule has 0 bridgehead atoms. The number of fused-ring (bicyclic) bond motifs is 3. The lowest BCUT2D eigenvalue weighted by atomic mass is 9.62. The van der Waals surface area contributed by atoms with Crippen molar-refractivity contribution in [2.45, 2.75) is 45.4 Å². The van der Waals surface area contributed by atoms with Crippen LogP contribution < -0.4 is 4.74 Å². The van der Waals surface area contributed by atoms with Crippen molar-refractivity contribution in [3.05, 3.63) is 28.8 Å². The Morgan fingerprint density at radius 1 is 1.18 bits per heavy atom. The largest absolute Gasteiger partial charge is 0.496 e. The molecule has 22 heavy (non-hydrogen) atoms. The normalized spacial score (nSPS) is 33.6. The summed E-state index contributed by atoms with van der Waals surface area (Å²) in [7, 11) is 1.58. The number of methoxy groups -OCH3 is 1. The van der Waals surface area contributed by atoms with Crippen LogP contribution in [0.4, 0.5) is 0 Å². The van der Waals surface area contributed by atoms with Gasteiger partial charge in [0.1, 0.15) is 5.75 Å². The predicted molar refractivity (Wildman–Crippen MR) is 83.4 cm³/mol. The van der Waals surface area contributed by atoms with Crippen molar-refractivity contribution in [1.29, 1.82) is 0 Å². The third-order valence-corrected chi connectivity index (χ3v) is 6.12. The molecule has 0 radical (unpaired) electrons. The van der Waals surface area contributed by atoms with Crippen molar-refractivity contribution in [3.8, 4) is 5.75 Å². The van der Waals surface area contributed by atoms with Gasteiger partial charge in [-0.05, 0) is 61.6 Å². The third kappa shape index (κ3) is 1.68. The summed E-state index contributed by atoms with van der Waals surface area (Å²) in [5, 5.41) is 0. The molecule has 0 amide bonds. The molecule has 3 aliphatic carbocycles. The summed E-state index contributed by atoms with van der Waals surface area (Å²) in [4.78, 5) is 25.5. The number of aryl methyl sites for hydroxylation is 1. The summed E-state index contributed by atoms with van der Waals surface area (Å²) in [5.74, 6) is 1.50. The first-order valence-electron chi connectivity index (χ1n) is 8.25. The van der Waals surface area contributed by atoms with Gasteiger partial charge in [-0.15, -0.1) is 0 Å². The van der Waals surface area contributed by atoms with Gasteiger partial charge in [0.2, 0.25) is 11.6 Å². The van der Waals surface area contributed by atoms with Crippen molar-refractivity contribution in [2.24, 2.45) is 17.3 Å². The molecule has 0 aromatic heterocycles. The highest BCUT2D eigenvalue weighted by Crippen LogP contribution is 2.62. The molecular formula is C19H22O3. The Hall–Kier alpha value is -1.64. The molecule has 0 unspecified atom stereocenters. The molecule has 3 aliphatic rings.